The minimum absolute atomic E-state index is 0.336. The topological polar surface area (TPSA) is 95.6 Å². The maximum Gasteiger partial charge on any atom is 0.255 e. The van der Waals surface area contributed by atoms with E-state index in [0.717, 1.165) is 16.0 Å². The number of carbonyl (C=O) groups is 4. The fourth-order valence-electron chi connectivity index (χ4n) is 7.11. The lowest BCUT2D eigenvalue weighted by Gasteiger charge is -2.54. The SMILES string of the molecule is Cc1ccc(NC(=O)c2cccc(NC(=O)CN3C(=O)[C@@H]4[C@H](C3=O)C3(Cl)c5ccccc5C4(Cl)c4ccccc43)c2)c(C)c1. The molecule has 4 aliphatic rings. The van der Waals surface area contributed by atoms with Crippen LogP contribution >= 0.6 is 23.2 Å². The van der Waals surface area contributed by atoms with Crippen LogP contribution in [0.25, 0.3) is 0 Å². The molecule has 4 aromatic carbocycles. The van der Waals surface area contributed by atoms with E-state index in [0.29, 0.717) is 39.2 Å². The second-order valence-corrected chi connectivity index (χ2v) is 12.8. The Labute approximate surface area is 264 Å². The monoisotopic (exact) mass is 623 g/mol. The molecule has 2 N–H and O–H groups in total. The third-order valence-electron chi connectivity index (χ3n) is 9.02. The minimum atomic E-state index is -1.32. The number of benzene rings is 4. The molecule has 1 aliphatic heterocycles. The highest BCUT2D eigenvalue weighted by molar-refractivity contribution is 6.36. The molecule has 8 rings (SSSR count). The zero-order chi connectivity index (χ0) is 31.0. The second kappa shape index (κ2) is 10.0. The predicted octanol–water partition coefficient (Wildman–Crippen LogP) is 6.09. The van der Waals surface area contributed by atoms with Crippen LogP contribution in [0.5, 0.6) is 0 Å². The first-order valence-corrected chi connectivity index (χ1v) is 15.0. The molecule has 2 bridgehead atoms. The lowest BCUT2D eigenvalue weighted by Crippen LogP contribution is -2.57. The maximum atomic E-state index is 14.0. The van der Waals surface area contributed by atoms with Gasteiger partial charge in [0.05, 0.1) is 11.8 Å². The van der Waals surface area contributed by atoms with Gasteiger partial charge in [-0.25, -0.2) is 0 Å². The molecule has 0 unspecified atom stereocenters. The lowest BCUT2D eigenvalue weighted by molar-refractivity contribution is -0.142. The number of likely N-dealkylation sites (tertiary alicyclic amines) is 1. The average Bonchev–Trinajstić information content (AvgIpc) is 3.27. The van der Waals surface area contributed by atoms with Crippen LogP contribution < -0.4 is 10.6 Å². The van der Waals surface area contributed by atoms with Crippen molar-refractivity contribution in [1.82, 2.24) is 4.90 Å². The van der Waals surface area contributed by atoms with Crippen molar-refractivity contribution in [3.8, 4) is 0 Å². The van der Waals surface area contributed by atoms with Gasteiger partial charge in [0.25, 0.3) is 5.91 Å². The molecule has 220 valence electrons. The number of carbonyl (C=O) groups excluding carboxylic acids is 4. The molecule has 9 heteroatoms. The number of nitrogens with zero attached hydrogens (tertiary/aromatic N) is 1. The largest absolute Gasteiger partial charge is 0.325 e. The van der Waals surface area contributed by atoms with Gasteiger partial charge in [-0.1, -0.05) is 72.3 Å². The van der Waals surface area contributed by atoms with Crippen molar-refractivity contribution in [2.45, 2.75) is 23.6 Å². The number of imide groups is 1. The van der Waals surface area contributed by atoms with Crippen LogP contribution in [0.4, 0.5) is 11.4 Å². The Morgan fingerprint density at radius 1 is 0.727 bits per heavy atom. The van der Waals surface area contributed by atoms with E-state index in [1.165, 1.54) is 0 Å². The summed E-state index contributed by atoms with van der Waals surface area (Å²) in [5.41, 5.74) is 6.17. The van der Waals surface area contributed by atoms with Gasteiger partial charge in [0.1, 0.15) is 16.3 Å². The number of alkyl halides is 2. The van der Waals surface area contributed by atoms with Gasteiger partial charge in [-0.05, 0) is 65.9 Å². The molecule has 4 aromatic rings. The van der Waals surface area contributed by atoms with E-state index in [9.17, 15) is 19.2 Å². The number of aryl methyl sites for hydroxylation is 2. The lowest BCUT2D eigenvalue weighted by atomic mass is 9.54. The zero-order valence-corrected chi connectivity index (χ0v) is 25.4. The summed E-state index contributed by atoms with van der Waals surface area (Å²) in [6.45, 7) is 3.37. The molecule has 44 heavy (non-hydrogen) atoms. The van der Waals surface area contributed by atoms with Crippen LogP contribution in [0.3, 0.4) is 0 Å². The average molecular weight is 625 g/mol. The van der Waals surface area contributed by atoms with Crippen molar-refractivity contribution in [3.63, 3.8) is 0 Å². The first kappa shape index (κ1) is 28.3. The number of nitrogens with one attached hydrogen (secondary N) is 2. The minimum Gasteiger partial charge on any atom is -0.325 e. The Balaban J connectivity index is 1.14. The number of halogens is 2. The molecule has 0 radical (unpaired) electrons. The van der Waals surface area contributed by atoms with E-state index < -0.39 is 45.9 Å². The Bertz CT molecular complexity index is 1800. The number of anilines is 2. The summed E-state index contributed by atoms with van der Waals surface area (Å²) in [6, 6.07) is 26.9. The Morgan fingerprint density at radius 2 is 1.27 bits per heavy atom. The van der Waals surface area contributed by atoms with E-state index in [1.807, 2.05) is 80.6 Å². The molecule has 0 spiro atoms. The maximum absolute atomic E-state index is 14.0. The van der Waals surface area contributed by atoms with Crippen LogP contribution in [-0.2, 0) is 24.1 Å². The number of rotatable bonds is 5. The Kier molecular flexibility index (Phi) is 6.46. The molecule has 7 nitrogen and oxygen atoms in total. The number of hydrogen-bond acceptors (Lipinski definition) is 4. The third kappa shape index (κ3) is 3.96. The van der Waals surface area contributed by atoms with Gasteiger partial charge in [-0.2, -0.15) is 0 Å². The second-order valence-electron chi connectivity index (χ2n) is 11.6. The molecule has 0 aromatic heterocycles. The van der Waals surface area contributed by atoms with Crippen molar-refractivity contribution in [1.29, 1.82) is 0 Å². The Hall–Kier alpha value is -4.46. The van der Waals surface area contributed by atoms with Crippen molar-refractivity contribution >= 4 is 58.2 Å². The quantitative estimate of drug-likeness (QED) is 0.208. The Morgan fingerprint density at radius 3 is 1.80 bits per heavy atom. The molecule has 1 saturated heterocycles. The highest BCUT2D eigenvalue weighted by Gasteiger charge is 2.73. The molecular weight excluding hydrogens is 597 g/mol. The van der Waals surface area contributed by atoms with Gasteiger partial charge in [0, 0.05) is 16.9 Å². The van der Waals surface area contributed by atoms with Crippen molar-refractivity contribution in [2.75, 3.05) is 17.2 Å². The smallest absolute Gasteiger partial charge is 0.255 e. The summed E-state index contributed by atoms with van der Waals surface area (Å²) in [5, 5.41) is 5.62. The summed E-state index contributed by atoms with van der Waals surface area (Å²) in [7, 11) is 0. The molecule has 1 heterocycles. The van der Waals surface area contributed by atoms with Crippen molar-refractivity contribution < 1.29 is 19.2 Å². The van der Waals surface area contributed by atoms with Gasteiger partial charge in [-0.15, -0.1) is 23.2 Å². The summed E-state index contributed by atoms with van der Waals surface area (Å²) in [6.07, 6.45) is 0. The number of hydrogen-bond donors (Lipinski definition) is 2. The van der Waals surface area contributed by atoms with E-state index in [1.54, 1.807) is 24.3 Å². The van der Waals surface area contributed by atoms with E-state index in [4.69, 9.17) is 23.2 Å². The van der Waals surface area contributed by atoms with Crippen LogP contribution in [0.1, 0.15) is 43.7 Å². The van der Waals surface area contributed by atoms with Crippen LogP contribution in [0.15, 0.2) is 91.0 Å². The van der Waals surface area contributed by atoms with Gasteiger partial charge in [0.2, 0.25) is 17.7 Å². The highest BCUT2D eigenvalue weighted by atomic mass is 35.5. The summed E-state index contributed by atoms with van der Waals surface area (Å²) in [4.78, 5) is 52.5. The molecule has 1 fully saturated rings. The van der Waals surface area contributed by atoms with Crippen LogP contribution in [0.2, 0.25) is 0 Å². The van der Waals surface area contributed by atoms with Gasteiger partial charge in [-0.3, -0.25) is 24.1 Å². The standard InChI is InChI=1S/C35H27Cl2N3O4/c1-19-14-15-27(20(2)16-19)39-31(42)21-8-7-9-22(17-21)38-28(41)18-40-32(43)29-30(33(40)44)35(37)24-11-4-3-10-23(24)34(29,36)25-12-5-6-13-26(25)35/h3-17,29-30H,18H2,1-2H3,(H,38,41)(H,39,42)/t29-,30+,34?,35?. The summed E-state index contributed by atoms with van der Waals surface area (Å²) < 4.78 is 0. The highest BCUT2D eigenvalue weighted by Crippen LogP contribution is 2.69. The fraction of sp³-hybridized carbons (Fsp3) is 0.200. The van der Waals surface area contributed by atoms with Gasteiger partial charge < -0.3 is 10.6 Å². The van der Waals surface area contributed by atoms with Gasteiger partial charge in [0.15, 0.2) is 0 Å². The van der Waals surface area contributed by atoms with E-state index >= 15 is 0 Å². The van der Waals surface area contributed by atoms with Crippen LogP contribution in [-0.4, -0.2) is 35.1 Å². The third-order valence-corrected chi connectivity index (χ3v) is 10.3. The fourth-order valence-corrected chi connectivity index (χ4v) is 8.21. The molecule has 3 aliphatic carbocycles. The number of amides is 4. The van der Waals surface area contributed by atoms with E-state index in [2.05, 4.69) is 10.6 Å². The van der Waals surface area contributed by atoms with Crippen molar-refractivity contribution in [2.24, 2.45) is 11.8 Å². The molecular formula is C35H27Cl2N3O4. The molecule has 0 saturated carbocycles. The summed E-state index contributed by atoms with van der Waals surface area (Å²) in [5.74, 6) is -3.97. The van der Waals surface area contributed by atoms with Crippen molar-refractivity contribution in [3.05, 3.63) is 130 Å². The predicted molar refractivity (Wildman–Crippen MR) is 169 cm³/mol. The summed E-state index contributed by atoms with van der Waals surface area (Å²) >= 11 is 14.9. The normalized spacial score (nSPS) is 24.4. The molecule has 2 atom stereocenters. The first-order chi connectivity index (χ1) is 21.0. The zero-order valence-electron chi connectivity index (χ0n) is 23.9. The molecule has 4 amide bonds. The van der Waals surface area contributed by atoms with E-state index in [-0.39, 0.29) is 5.91 Å². The van der Waals surface area contributed by atoms with Gasteiger partial charge >= 0.3 is 0 Å². The first-order valence-electron chi connectivity index (χ1n) is 14.3. The van der Waals surface area contributed by atoms with Crippen LogP contribution in [0, 0.1) is 25.7 Å².